The van der Waals surface area contributed by atoms with Gasteiger partial charge >= 0.3 is 0 Å². The lowest BCUT2D eigenvalue weighted by atomic mass is 9.99. The predicted molar refractivity (Wildman–Crippen MR) is 77.1 cm³/mol. The Morgan fingerprint density at radius 3 is 3.11 bits per heavy atom. The lowest BCUT2D eigenvalue weighted by Crippen LogP contribution is -2.25. The van der Waals surface area contributed by atoms with Gasteiger partial charge in [-0.15, -0.1) is 0 Å². The lowest BCUT2D eigenvalue weighted by Gasteiger charge is -2.18. The second-order valence-electron chi connectivity index (χ2n) is 4.80. The second-order valence-corrected chi connectivity index (χ2v) is 6.36. The summed E-state index contributed by atoms with van der Waals surface area (Å²) in [5, 5.41) is 7.05. The Morgan fingerprint density at radius 2 is 2.28 bits per heavy atom. The molecule has 1 aromatic rings. The highest BCUT2D eigenvalue weighted by molar-refractivity contribution is 7.84. The molecule has 1 aliphatic rings. The fraction of sp³-hybridized carbons (Fsp3) is 0.571. The molecule has 0 amide bonds. The van der Waals surface area contributed by atoms with Gasteiger partial charge in [-0.2, -0.15) is 0 Å². The van der Waals surface area contributed by atoms with Crippen molar-refractivity contribution < 1.29 is 4.21 Å². The van der Waals surface area contributed by atoms with Crippen LogP contribution in [0, 0.1) is 0 Å². The number of benzene rings is 1. The van der Waals surface area contributed by atoms with E-state index < -0.39 is 10.8 Å². The molecular weight excluding hydrogens is 244 g/mol. The molecule has 2 N–H and O–H groups in total. The smallest absolute Gasteiger partial charge is 0.0335 e. The summed E-state index contributed by atoms with van der Waals surface area (Å²) < 4.78 is 11.0. The van der Waals surface area contributed by atoms with Gasteiger partial charge in [0, 0.05) is 35.4 Å². The monoisotopic (exact) mass is 266 g/mol. The van der Waals surface area contributed by atoms with Gasteiger partial charge in [0.2, 0.25) is 0 Å². The van der Waals surface area contributed by atoms with Crippen LogP contribution in [0.3, 0.4) is 0 Å². The van der Waals surface area contributed by atoms with Crippen LogP contribution in [0.25, 0.3) is 0 Å². The van der Waals surface area contributed by atoms with E-state index in [-0.39, 0.29) is 0 Å². The van der Waals surface area contributed by atoms with Gasteiger partial charge in [-0.1, -0.05) is 24.3 Å². The van der Waals surface area contributed by atoms with Crippen LogP contribution in [0.5, 0.6) is 0 Å². The van der Waals surface area contributed by atoms with E-state index in [4.69, 9.17) is 0 Å². The van der Waals surface area contributed by atoms with E-state index in [9.17, 15) is 4.21 Å². The summed E-state index contributed by atoms with van der Waals surface area (Å²) in [6, 6.07) is 9.06. The predicted octanol–water partition coefficient (Wildman–Crippen LogP) is 1.58. The molecule has 18 heavy (non-hydrogen) atoms. The molecule has 1 heterocycles. The van der Waals surface area contributed by atoms with Crippen molar-refractivity contribution in [3.8, 4) is 0 Å². The van der Waals surface area contributed by atoms with Gasteiger partial charge in [0.1, 0.15) is 0 Å². The summed E-state index contributed by atoms with van der Waals surface area (Å²) in [4.78, 5) is 0. The zero-order valence-corrected chi connectivity index (χ0v) is 11.8. The highest BCUT2D eigenvalue weighted by Crippen LogP contribution is 2.23. The quantitative estimate of drug-likeness (QED) is 0.795. The molecule has 2 unspecified atom stereocenters. The first-order chi connectivity index (χ1) is 8.77. The number of hydrogen-bond acceptors (Lipinski definition) is 3. The van der Waals surface area contributed by atoms with Gasteiger partial charge < -0.3 is 10.6 Å². The van der Waals surface area contributed by atoms with Crippen LogP contribution < -0.4 is 10.6 Å². The third kappa shape index (κ3) is 3.90. The highest BCUT2D eigenvalue weighted by atomic mass is 32.2. The Kier molecular flexibility index (Phi) is 5.35. The first kappa shape index (κ1) is 13.7. The number of nitrogens with one attached hydrogen (secondary N) is 2. The fourth-order valence-corrected chi connectivity index (χ4v) is 2.97. The molecule has 0 fully saturated rings. The molecule has 4 heteroatoms. The van der Waals surface area contributed by atoms with Crippen LogP contribution in [-0.2, 0) is 17.3 Å². The Morgan fingerprint density at radius 1 is 1.44 bits per heavy atom. The van der Waals surface area contributed by atoms with Crippen molar-refractivity contribution >= 4 is 10.8 Å². The number of fused-ring (bicyclic) bond motifs is 1. The van der Waals surface area contributed by atoms with Crippen LogP contribution >= 0.6 is 0 Å². The average molecular weight is 266 g/mol. The third-order valence-electron chi connectivity index (χ3n) is 3.36. The molecule has 3 nitrogen and oxygen atoms in total. The standard InChI is InChI=1S/C14H22N2OS/c1-18(17)10-4-8-16-14-7-9-15-11-12-5-2-3-6-13(12)14/h2-3,5-6,14-16H,4,7-11H2,1H3. The second kappa shape index (κ2) is 7.02. The van der Waals surface area contributed by atoms with Crippen LogP contribution in [0.15, 0.2) is 24.3 Å². The average Bonchev–Trinajstić information content (AvgIpc) is 2.57. The van der Waals surface area contributed by atoms with E-state index in [1.165, 1.54) is 11.1 Å². The van der Waals surface area contributed by atoms with Crippen LogP contribution in [-0.4, -0.2) is 29.3 Å². The van der Waals surface area contributed by atoms with Crippen molar-refractivity contribution in [2.75, 3.05) is 25.1 Å². The first-order valence-electron chi connectivity index (χ1n) is 6.59. The molecule has 2 atom stereocenters. The Bertz CT molecular complexity index is 409. The summed E-state index contributed by atoms with van der Waals surface area (Å²) in [7, 11) is -0.673. The van der Waals surface area contributed by atoms with Crippen molar-refractivity contribution in [3.63, 3.8) is 0 Å². The van der Waals surface area contributed by atoms with Gasteiger partial charge in [0.25, 0.3) is 0 Å². The molecule has 2 rings (SSSR count). The minimum absolute atomic E-state index is 0.432. The summed E-state index contributed by atoms with van der Waals surface area (Å²) in [6.07, 6.45) is 3.87. The molecular formula is C14H22N2OS. The first-order valence-corrected chi connectivity index (χ1v) is 8.32. The molecule has 0 aliphatic carbocycles. The molecule has 0 bridgehead atoms. The summed E-state index contributed by atoms with van der Waals surface area (Å²) >= 11 is 0. The number of hydrogen-bond donors (Lipinski definition) is 2. The van der Waals surface area contributed by atoms with Crippen molar-refractivity contribution in [1.82, 2.24) is 10.6 Å². The zero-order chi connectivity index (χ0) is 12.8. The Hall–Kier alpha value is -0.710. The molecule has 0 saturated heterocycles. The van der Waals surface area contributed by atoms with Gasteiger partial charge in [0.15, 0.2) is 0 Å². The molecule has 1 aromatic carbocycles. The number of rotatable bonds is 5. The SMILES string of the molecule is CS(=O)CCCNC1CCNCc2ccccc21. The van der Waals surface area contributed by atoms with Crippen LogP contribution in [0.4, 0.5) is 0 Å². The van der Waals surface area contributed by atoms with E-state index in [0.29, 0.717) is 6.04 Å². The Labute approximate surface area is 112 Å². The molecule has 0 radical (unpaired) electrons. The lowest BCUT2D eigenvalue weighted by molar-refractivity contribution is 0.496. The van der Waals surface area contributed by atoms with Crippen molar-refractivity contribution in [3.05, 3.63) is 35.4 Å². The van der Waals surface area contributed by atoms with Gasteiger partial charge in [-0.3, -0.25) is 4.21 Å². The third-order valence-corrected chi connectivity index (χ3v) is 4.22. The molecule has 0 spiro atoms. The molecule has 1 aliphatic heterocycles. The summed E-state index contributed by atoms with van der Waals surface area (Å²) in [5.74, 6) is 0.791. The summed E-state index contributed by atoms with van der Waals surface area (Å²) in [5.41, 5.74) is 2.81. The maximum Gasteiger partial charge on any atom is 0.0335 e. The normalized spacial score (nSPS) is 21.1. The van der Waals surface area contributed by atoms with E-state index >= 15 is 0 Å². The topological polar surface area (TPSA) is 41.1 Å². The Balaban J connectivity index is 1.93. The van der Waals surface area contributed by atoms with Gasteiger partial charge in [0.05, 0.1) is 0 Å². The molecule has 0 saturated carbocycles. The maximum absolute atomic E-state index is 11.0. The fourth-order valence-electron chi connectivity index (χ4n) is 2.42. The minimum atomic E-state index is -0.673. The maximum atomic E-state index is 11.0. The van der Waals surface area contributed by atoms with Crippen molar-refractivity contribution in [1.29, 1.82) is 0 Å². The largest absolute Gasteiger partial charge is 0.313 e. The van der Waals surface area contributed by atoms with Gasteiger partial charge in [-0.25, -0.2) is 0 Å². The van der Waals surface area contributed by atoms with E-state index in [1.54, 1.807) is 6.26 Å². The van der Waals surface area contributed by atoms with E-state index in [1.807, 2.05) is 0 Å². The molecule has 0 aromatic heterocycles. The zero-order valence-electron chi connectivity index (χ0n) is 10.9. The van der Waals surface area contributed by atoms with Crippen LogP contribution in [0.1, 0.15) is 30.0 Å². The summed E-state index contributed by atoms with van der Waals surface area (Å²) in [6.45, 7) is 2.96. The van der Waals surface area contributed by atoms with Crippen molar-refractivity contribution in [2.45, 2.75) is 25.4 Å². The van der Waals surface area contributed by atoms with Crippen LogP contribution in [0.2, 0.25) is 0 Å². The van der Waals surface area contributed by atoms with Crippen molar-refractivity contribution in [2.24, 2.45) is 0 Å². The van der Waals surface area contributed by atoms with E-state index in [0.717, 1.165) is 38.2 Å². The molecule has 100 valence electrons. The van der Waals surface area contributed by atoms with Gasteiger partial charge in [-0.05, 0) is 37.1 Å². The van der Waals surface area contributed by atoms with E-state index in [2.05, 4.69) is 34.9 Å². The minimum Gasteiger partial charge on any atom is -0.313 e. The highest BCUT2D eigenvalue weighted by Gasteiger charge is 2.16.